The molecule has 28 heavy (non-hydrogen) atoms. The molecule has 0 atom stereocenters. The molecule has 3 N–H and O–H groups in total. The van der Waals surface area contributed by atoms with Crippen molar-refractivity contribution in [2.45, 2.75) is 25.9 Å². The average Bonchev–Trinajstić information content (AvgIpc) is 3.47. The molecule has 0 aliphatic heterocycles. The van der Waals surface area contributed by atoms with E-state index in [-0.39, 0.29) is 42.4 Å². The van der Waals surface area contributed by atoms with Crippen molar-refractivity contribution in [1.82, 2.24) is 16.0 Å². The molecule has 1 aromatic carbocycles. The lowest BCUT2D eigenvalue weighted by atomic mass is 10.2. The van der Waals surface area contributed by atoms with E-state index >= 15 is 0 Å². The van der Waals surface area contributed by atoms with E-state index in [0.29, 0.717) is 37.9 Å². The average molecular weight is 514 g/mol. The van der Waals surface area contributed by atoms with E-state index in [2.05, 4.69) is 20.9 Å². The van der Waals surface area contributed by atoms with Gasteiger partial charge in [0.15, 0.2) is 5.96 Å². The molecule has 6 nitrogen and oxygen atoms in total. The number of ether oxygens (including phenoxy) is 1. The number of carbonyl (C=O) groups excluding carboxylic acids is 1. The van der Waals surface area contributed by atoms with Crippen LogP contribution in [0.25, 0.3) is 0 Å². The first-order chi connectivity index (χ1) is 12.9. The van der Waals surface area contributed by atoms with E-state index in [1.54, 1.807) is 0 Å². The van der Waals surface area contributed by atoms with Crippen molar-refractivity contribution in [2.75, 3.05) is 32.8 Å². The summed E-state index contributed by atoms with van der Waals surface area (Å²) in [5.41, 5.74) is -0.705. The molecule has 0 heterocycles. The largest absolute Gasteiger partial charge is 0.492 e. The van der Waals surface area contributed by atoms with Crippen LogP contribution < -0.4 is 20.7 Å². The number of hydrogen-bond donors (Lipinski definition) is 3. The molecule has 158 valence electrons. The Hall–Kier alpha value is -1.72. The van der Waals surface area contributed by atoms with E-state index in [1.165, 1.54) is 12.1 Å². The molecule has 1 fully saturated rings. The summed E-state index contributed by atoms with van der Waals surface area (Å²) in [5, 5.41) is 8.98. The molecular formula is C18H26F3IN4O2. The molecule has 0 saturated heterocycles. The highest BCUT2D eigenvalue weighted by molar-refractivity contribution is 14.0. The SMILES string of the molecule is CCNC(=NCCNC(=O)C1CC1)NCCOc1ccc(C(F)(F)F)cc1.I. The second-order valence-corrected chi connectivity index (χ2v) is 6.12. The van der Waals surface area contributed by atoms with Crippen molar-refractivity contribution in [1.29, 1.82) is 0 Å². The molecule has 1 aliphatic carbocycles. The van der Waals surface area contributed by atoms with Gasteiger partial charge < -0.3 is 20.7 Å². The summed E-state index contributed by atoms with van der Waals surface area (Å²) in [6, 6.07) is 4.57. The van der Waals surface area contributed by atoms with E-state index in [4.69, 9.17) is 4.74 Å². The van der Waals surface area contributed by atoms with Crippen LogP contribution in [0.3, 0.4) is 0 Å². The Balaban J connectivity index is 0.00000392. The molecule has 2 rings (SSSR count). The molecule has 10 heteroatoms. The van der Waals surface area contributed by atoms with Crippen LogP contribution in [0.4, 0.5) is 13.2 Å². The molecule has 0 spiro atoms. The van der Waals surface area contributed by atoms with E-state index in [1.807, 2.05) is 6.92 Å². The summed E-state index contributed by atoms with van der Waals surface area (Å²) in [6.07, 6.45) is -2.41. The number of aliphatic imine (C=N–C) groups is 1. The molecule has 0 bridgehead atoms. The van der Waals surface area contributed by atoms with Gasteiger partial charge in [-0.05, 0) is 44.0 Å². The van der Waals surface area contributed by atoms with Gasteiger partial charge in [-0.25, -0.2) is 0 Å². The number of hydrogen-bond acceptors (Lipinski definition) is 3. The number of guanidine groups is 1. The minimum absolute atomic E-state index is 0. The lowest BCUT2D eigenvalue weighted by molar-refractivity contribution is -0.137. The highest BCUT2D eigenvalue weighted by Gasteiger charge is 2.30. The number of nitrogens with zero attached hydrogens (tertiary/aromatic N) is 1. The monoisotopic (exact) mass is 514 g/mol. The van der Waals surface area contributed by atoms with Gasteiger partial charge in [-0.15, -0.1) is 24.0 Å². The molecular weight excluding hydrogens is 488 g/mol. The Labute approximate surface area is 179 Å². The van der Waals surface area contributed by atoms with Gasteiger partial charge in [0, 0.05) is 19.0 Å². The molecule has 1 aliphatic rings. The van der Waals surface area contributed by atoms with Crippen LogP contribution in [-0.4, -0.2) is 44.7 Å². The molecule has 0 aromatic heterocycles. The van der Waals surface area contributed by atoms with Crippen molar-refractivity contribution in [3.05, 3.63) is 29.8 Å². The third kappa shape index (κ3) is 8.98. The quantitative estimate of drug-likeness (QED) is 0.205. The number of amides is 1. The van der Waals surface area contributed by atoms with Crippen molar-refractivity contribution < 1.29 is 22.7 Å². The minimum atomic E-state index is -4.35. The number of carbonyl (C=O) groups is 1. The van der Waals surface area contributed by atoms with Crippen LogP contribution >= 0.6 is 24.0 Å². The van der Waals surface area contributed by atoms with Crippen molar-refractivity contribution >= 4 is 35.8 Å². The summed E-state index contributed by atoms with van der Waals surface area (Å²) < 4.78 is 42.9. The number of nitrogens with one attached hydrogen (secondary N) is 3. The first kappa shape index (κ1) is 24.3. The third-order valence-corrected chi connectivity index (χ3v) is 3.82. The standard InChI is InChI=1S/C18H25F3N4O2.HI/c1-2-22-17(24-10-9-23-16(26)13-3-4-13)25-11-12-27-15-7-5-14(6-8-15)18(19,20)21;/h5-8,13H,2-4,9-12H2,1H3,(H,23,26)(H2,22,24,25);1H. The second kappa shape index (κ2) is 12.0. The van der Waals surface area contributed by atoms with Crippen molar-refractivity contribution in [3.8, 4) is 5.75 Å². The van der Waals surface area contributed by atoms with E-state index in [9.17, 15) is 18.0 Å². The fraction of sp³-hybridized carbons (Fsp3) is 0.556. The molecule has 0 radical (unpaired) electrons. The van der Waals surface area contributed by atoms with Gasteiger partial charge in [0.05, 0.1) is 18.7 Å². The fourth-order valence-corrected chi connectivity index (χ4v) is 2.26. The zero-order chi connectivity index (χ0) is 19.7. The lowest BCUT2D eigenvalue weighted by Gasteiger charge is -2.13. The van der Waals surface area contributed by atoms with Crippen LogP contribution in [0.2, 0.25) is 0 Å². The Bertz CT molecular complexity index is 635. The number of benzene rings is 1. The molecule has 1 amide bonds. The summed E-state index contributed by atoms with van der Waals surface area (Å²) in [4.78, 5) is 15.9. The normalized spacial score (nSPS) is 14.1. The molecule has 1 aromatic rings. The summed E-state index contributed by atoms with van der Waals surface area (Å²) in [5.74, 6) is 1.24. The van der Waals surface area contributed by atoms with Gasteiger partial charge >= 0.3 is 6.18 Å². The highest BCUT2D eigenvalue weighted by Crippen LogP contribution is 2.30. The van der Waals surface area contributed by atoms with Gasteiger partial charge in [0.2, 0.25) is 5.91 Å². The first-order valence-corrected chi connectivity index (χ1v) is 9.00. The maximum atomic E-state index is 12.5. The Kier molecular flexibility index (Phi) is 10.4. The Morgan fingerprint density at radius 1 is 1.14 bits per heavy atom. The van der Waals surface area contributed by atoms with Crippen LogP contribution in [0.1, 0.15) is 25.3 Å². The summed E-state index contributed by atoms with van der Waals surface area (Å²) in [6.45, 7) is 4.25. The van der Waals surface area contributed by atoms with Crippen LogP contribution in [-0.2, 0) is 11.0 Å². The number of halogens is 4. The summed E-state index contributed by atoms with van der Waals surface area (Å²) in [7, 11) is 0. The lowest BCUT2D eigenvalue weighted by Crippen LogP contribution is -2.40. The minimum Gasteiger partial charge on any atom is -0.492 e. The Morgan fingerprint density at radius 3 is 2.39 bits per heavy atom. The number of rotatable bonds is 9. The van der Waals surface area contributed by atoms with Crippen LogP contribution in [0, 0.1) is 5.92 Å². The zero-order valence-electron chi connectivity index (χ0n) is 15.6. The fourth-order valence-electron chi connectivity index (χ4n) is 2.26. The van der Waals surface area contributed by atoms with Gasteiger partial charge in [0.25, 0.3) is 0 Å². The topological polar surface area (TPSA) is 74.8 Å². The van der Waals surface area contributed by atoms with Crippen molar-refractivity contribution in [3.63, 3.8) is 0 Å². The highest BCUT2D eigenvalue weighted by atomic mass is 127. The second-order valence-electron chi connectivity index (χ2n) is 6.12. The van der Waals surface area contributed by atoms with E-state index in [0.717, 1.165) is 25.0 Å². The third-order valence-electron chi connectivity index (χ3n) is 3.82. The number of alkyl halides is 3. The first-order valence-electron chi connectivity index (χ1n) is 9.00. The summed E-state index contributed by atoms with van der Waals surface area (Å²) >= 11 is 0. The molecule has 1 saturated carbocycles. The van der Waals surface area contributed by atoms with Gasteiger partial charge in [0.1, 0.15) is 12.4 Å². The van der Waals surface area contributed by atoms with Crippen molar-refractivity contribution in [2.24, 2.45) is 10.9 Å². The maximum absolute atomic E-state index is 12.5. The smallest absolute Gasteiger partial charge is 0.416 e. The van der Waals surface area contributed by atoms with Gasteiger partial charge in [-0.3, -0.25) is 9.79 Å². The van der Waals surface area contributed by atoms with Crippen LogP contribution in [0.5, 0.6) is 5.75 Å². The maximum Gasteiger partial charge on any atom is 0.416 e. The molecule has 0 unspecified atom stereocenters. The van der Waals surface area contributed by atoms with Gasteiger partial charge in [-0.1, -0.05) is 0 Å². The Morgan fingerprint density at radius 2 is 1.82 bits per heavy atom. The van der Waals surface area contributed by atoms with E-state index < -0.39 is 11.7 Å². The predicted octanol–water partition coefficient (Wildman–Crippen LogP) is 2.78. The predicted molar refractivity (Wildman–Crippen MR) is 112 cm³/mol. The van der Waals surface area contributed by atoms with Crippen LogP contribution in [0.15, 0.2) is 29.3 Å². The zero-order valence-corrected chi connectivity index (χ0v) is 18.0. The van der Waals surface area contributed by atoms with Gasteiger partial charge in [-0.2, -0.15) is 13.2 Å².